The molecule has 3 heterocycles. The number of pyridine rings is 1. The molecule has 4 rings (SSSR count). The molecule has 1 aromatic heterocycles. The SMILES string of the molecule is Cc1cc2c(cc1C)C(=O)N(CCC1CCCCN1CCCc1ccncc1)C2. The molecule has 2 aliphatic rings. The summed E-state index contributed by atoms with van der Waals surface area (Å²) in [7, 11) is 0. The van der Waals surface area contributed by atoms with Crippen LogP contribution in [0, 0.1) is 13.8 Å². The van der Waals surface area contributed by atoms with Crippen LogP contribution in [0.2, 0.25) is 0 Å². The van der Waals surface area contributed by atoms with Crippen LogP contribution in [-0.2, 0) is 13.0 Å². The quantitative estimate of drug-likeness (QED) is 0.696. The van der Waals surface area contributed by atoms with Gasteiger partial charge in [0.2, 0.25) is 0 Å². The van der Waals surface area contributed by atoms with E-state index in [4.69, 9.17) is 0 Å². The third kappa shape index (κ3) is 4.69. The lowest BCUT2D eigenvalue weighted by molar-refractivity contribution is 0.0736. The van der Waals surface area contributed by atoms with Gasteiger partial charge in [-0.05, 0) is 99.5 Å². The molecule has 2 aliphatic heterocycles. The Balaban J connectivity index is 1.30. The summed E-state index contributed by atoms with van der Waals surface area (Å²) in [6.45, 7) is 8.24. The first-order valence-electron chi connectivity index (χ1n) is 11.1. The van der Waals surface area contributed by atoms with Crippen molar-refractivity contribution >= 4 is 5.91 Å². The number of piperidine rings is 1. The molecule has 4 heteroatoms. The molecule has 1 saturated heterocycles. The van der Waals surface area contributed by atoms with E-state index in [9.17, 15) is 4.79 Å². The number of carbonyl (C=O) groups is 1. The van der Waals surface area contributed by atoms with E-state index in [1.54, 1.807) is 0 Å². The van der Waals surface area contributed by atoms with Crippen molar-refractivity contribution in [3.05, 3.63) is 64.5 Å². The zero-order valence-corrected chi connectivity index (χ0v) is 17.9. The lowest BCUT2D eigenvalue weighted by atomic mass is 9.98. The topological polar surface area (TPSA) is 36.4 Å². The van der Waals surface area contributed by atoms with Gasteiger partial charge >= 0.3 is 0 Å². The molecule has 1 aromatic carbocycles. The maximum absolute atomic E-state index is 12.9. The Bertz CT molecular complexity index is 849. The first-order chi connectivity index (χ1) is 14.1. The van der Waals surface area contributed by atoms with E-state index in [2.05, 4.69) is 52.9 Å². The summed E-state index contributed by atoms with van der Waals surface area (Å²) in [4.78, 5) is 21.7. The maximum Gasteiger partial charge on any atom is 0.254 e. The zero-order valence-electron chi connectivity index (χ0n) is 17.9. The summed E-state index contributed by atoms with van der Waals surface area (Å²) in [5, 5.41) is 0. The van der Waals surface area contributed by atoms with Gasteiger partial charge in [-0.15, -0.1) is 0 Å². The van der Waals surface area contributed by atoms with Crippen molar-refractivity contribution in [1.82, 2.24) is 14.8 Å². The molecule has 2 aromatic rings. The zero-order chi connectivity index (χ0) is 20.2. The van der Waals surface area contributed by atoms with Crippen LogP contribution in [0.15, 0.2) is 36.7 Å². The van der Waals surface area contributed by atoms with Gasteiger partial charge in [0, 0.05) is 37.1 Å². The molecule has 0 N–H and O–H groups in total. The van der Waals surface area contributed by atoms with Crippen LogP contribution in [0.25, 0.3) is 0 Å². The number of rotatable bonds is 7. The van der Waals surface area contributed by atoms with Crippen molar-refractivity contribution in [2.75, 3.05) is 19.6 Å². The number of amides is 1. The third-order valence-corrected chi connectivity index (χ3v) is 6.74. The number of carbonyl (C=O) groups excluding carboxylic acids is 1. The molecule has 29 heavy (non-hydrogen) atoms. The molecule has 0 aliphatic carbocycles. The number of nitrogens with zero attached hydrogens (tertiary/aromatic N) is 3. The van der Waals surface area contributed by atoms with Crippen LogP contribution in [-0.4, -0.2) is 46.4 Å². The van der Waals surface area contributed by atoms with Gasteiger partial charge in [0.05, 0.1) is 0 Å². The number of aryl methyl sites for hydroxylation is 3. The molecule has 0 bridgehead atoms. The Kier molecular flexibility index (Phi) is 6.29. The second-order valence-corrected chi connectivity index (χ2v) is 8.75. The molecule has 1 atom stereocenters. The lowest BCUT2D eigenvalue weighted by Crippen LogP contribution is -2.42. The highest BCUT2D eigenvalue weighted by Crippen LogP contribution is 2.27. The van der Waals surface area contributed by atoms with Crippen molar-refractivity contribution in [3.8, 4) is 0 Å². The van der Waals surface area contributed by atoms with E-state index in [0.717, 1.165) is 38.0 Å². The molecular weight excluding hydrogens is 358 g/mol. The molecule has 0 saturated carbocycles. The Labute approximate surface area is 174 Å². The van der Waals surface area contributed by atoms with Gasteiger partial charge < -0.3 is 9.80 Å². The van der Waals surface area contributed by atoms with E-state index >= 15 is 0 Å². The van der Waals surface area contributed by atoms with E-state index in [1.807, 2.05) is 12.4 Å². The smallest absolute Gasteiger partial charge is 0.254 e. The summed E-state index contributed by atoms with van der Waals surface area (Å²) in [5.41, 5.74) is 6.00. The average molecular weight is 392 g/mol. The van der Waals surface area contributed by atoms with Gasteiger partial charge in [-0.3, -0.25) is 9.78 Å². The largest absolute Gasteiger partial charge is 0.334 e. The van der Waals surface area contributed by atoms with Crippen LogP contribution in [0.5, 0.6) is 0 Å². The van der Waals surface area contributed by atoms with Crippen LogP contribution < -0.4 is 0 Å². The molecule has 0 spiro atoms. The number of fused-ring (bicyclic) bond motifs is 1. The third-order valence-electron chi connectivity index (χ3n) is 6.74. The van der Waals surface area contributed by atoms with Gasteiger partial charge in [0.25, 0.3) is 5.91 Å². The first-order valence-corrected chi connectivity index (χ1v) is 11.1. The van der Waals surface area contributed by atoms with Gasteiger partial charge in [0.1, 0.15) is 0 Å². The second-order valence-electron chi connectivity index (χ2n) is 8.75. The predicted octanol–water partition coefficient (Wildman–Crippen LogP) is 4.53. The van der Waals surface area contributed by atoms with Crippen LogP contribution in [0.4, 0.5) is 0 Å². The number of benzene rings is 1. The highest BCUT2D eigenvalue weighted by molar-refractivity contribution is 5.98. The second kappa shape index (κ2) is 9.08. The fourth-order valence-corrected chi connectivity index (χ4v) is 4.86. The minimum atomic E-state index is 0.225. The van der Waals surface area contributed by atoms with Crippen molar-refractivity contribution in [3.63, 3.8) is 0 Å². The number of hydrogen-bond donors (Lipinski definition) is 0. The van der Waals surface area contributed by atoms with E-state index in [1.165, 1.54) is 54.5 Å². The number of aromatic nitrogens is 1. The highest BCUT2D eigenvalue weighted by Gasteiger charge is 2.29. The summed E-state index contributed by atoms with van der Waals surface area (Å²) in [6, 6.07) is 9.14. The predicted molar refractivity (Wildman–Crippen MR) is 117 cm³/mol. The fraction of sp³-hybridized carbons (Fsp3) is 0.520. The van der Waals surface area contributed by atoms with Gasteiger partial charge in [0.15, 0.2) is 0 Å². The van der Waals surface area contributed by atoms with E-state index in [0.29, 0.717) is 6.04 Å². The van der Waals surface area contributed by atoms with Crippen molar-refractivity contribution < 1.29 is 4.79 Å². The van der Waals surface area contributed by atoms with Crippen molar-refractivity contribution in [2.45, 2.75) is 65.0 Å². The van der Waals surface area contributed by atoms with E-state index in [-0.39, 0.29) is 5.91 Å². The maximum atomic E-state index is 12.9. The first kappa shape index (κ1) is 20.1. The highest BCUT2D eigenvalue weighted by atomic mass is 16.2. The number of likely N-dealkylation sites (tertiary alicyclic amines) is 1. The van der Waals surface area contributed by atoms with Crippen LogP contribution >= 0.6 is 0 Å². The van der Waals surface area contributed by atoms with E-state index < -0.39 is 0 Å². The van der Waals surface area contributed by atoms with Crippen LogP contribution in [0.3, 0.4) is 0 Å². The molecule has 0 radical (unpaired) electrons. The summed E-state index contributed by atoms with van der Waals surface area (Å²) < 4.78 is 0. The van der Waals surface area contributed by atoms with Gasteiger partial charge in [-0.1, -0.05) is 12.5 Å². The standard InChI is InChI=1S/C25H33N3O/c1-19-16-22-18-28(25(29)24(22)17-20(19)2)15-10-23-7-3-4-13-27(23)14-5-6-21-8-11-26-12-9-21/h8-9,11-12,16-17,23H,3-7,10,13-15,18H2,1-2H3. The Morgan fingerprint density at radius 2 is 1.86 bits per heavy atom. The number of hydrogen-bond acceptors (Lipinski definition) is 3. The molecule has 154 valence electrons. The minimum absolute atomic E-state index is 0.225. The molecule has 1 amide bonds. The Morgan fingerprint density at radius 1 is 1.07 bits per heavy atom. The van der Waals surface area contributed by atoms with Crippen molar-refractivity contribution in [1.29, 1.82) is 0 Å². The lowest BCUT2D eigenvalue weighted by Gasteiger charge is -2.36. The molecule has 4 nitrogen and oxygen atoms in total. The fourth-order valence-electron chi connectivity index (χ4n) is 4.86. The van der Waals surface area contributed by atoms with Gasteiger partial charge in [-0.25, -0.2) is 0 Å². The monoisotopic (exact) mass is 391 g/mol. The molecule has 1 fully saturated rings. The minimum Gasteiger partial charge on any atom is -0.334 e. The van der Waals surface area contributed by atoms with Gasteiger partial charge in [-0.2, -0.15) is 0 Å². The van der Waals surface area contributed by atoms with Crippen LogP contribution in [0.1, 0.15) is 64.7 Å². The summed E-state index contributed by atoms with van der Waals surface area (Å²) >= 11 is 0. The average Bonchev–Trinajstić information content (AvgIpc) is 3.03. The summed E-state index contributed by atoms with van der Waals surface area (Å²) in [5.74, 6) is 0.225. The Hall–Kier alpha value is -2.20. The molecular formula is C25H33N3O. The molecule has 1 unspecified atom stereocenters. The Morgan fingerprint density at radius 3 is 2.69 bits per heavy atom. The summed E-state index contributed by atoms with van der Waals surface area (Å²) in [6.07, 6.45) is 11.0. The van der Waals surface area contributed by atoms with Crippen molar-refractivity contribution in [2.24, 2.45) is 0 Å². The normalized spacial score (nSPS) is 19.6.